The first-order valence-corrected chi connectivity index (χ1v) is 7.28. The molecule has 0 radical (unpaired) electrons. The van der Waals surface area contributed by atoms with E-state index in [0.29, 0.717) is 22.9 Å². The molecule has 1 heterocycles. The number of hydrogen-bond donors (Lipinski definition) is 2. The van der Waals surface area contributed by atoms with Gasteiger partial charge in [-0.25, -0.2) is 9.37 Å². The van der Waals surface area contributed by atoms with E-state index >= 15 is 0 Å². The molecular formula is C17H17FN4O2. The zero-order chi connectivity index (χ0) is 17.1. The number of hydrogen-bond acceptors (Lipinski definition) is 5. The maximum absolute atomic E-state index is 13.8. The molecule has 0 unspecified atom stereocenters. The van der Waals surface area contributed by atoms with Crippen LogP contribution in [0.4, 0.5) is 4.39 Å². The molecule has 124 valence electrons. The lowest BCUT2D eigenvalue weighted by atomic mass is 10.1. The molecule has 0 fully saturated rings. The number of benzene rings is 2. The highest BCUT2D eigenvalue weighted by atomic mass is 19.1. The number of rotatable bonds is 5. The number of ether oxygens (including phenoxy) is 2. The van der Waals surface area contributed by atoms with Crippen LogP contribution in [0.15, 0.2) is 42.5 Å². The second-order valence-electron chi connectivity index (χ2n) is 5.12. The molecule has 0 spiro atoms. The van der Waals surface area contributed by atoms with Gasteiger partial charge in [0, 0.05) is 0 Å². The number of H-pyrrole nitrogens is 1. The number of nitrogens with one attached hydrogen (secondary N) is 1. The van der Waals surface area contributed by atoms with Gasteiger partial charge in [0.25, 0.3) is 0 Å². The normalized spacial score (nSPS) is 12.0. The summed E-state index contributed by atoms with van der Waals surface area (Å²) in [6.07, 6.45) is 0. The third-order valence-electron chi connectivity index (χ3n) is 3.68. The lowest BCUT2D eigenvalue weighted by Gasteiger charge is -2.13. The summed E-state index contributed by atoms with van der Waals surface area (Å²) in [5.74, 6) is 1.49. The van der Waals surface area contributed by atoms with Crippen molar-refractivity contribution in [1.82, 2.24) is 15.2 Å². The highest BCUT2D eigenvalue weighted by molar-refractivity contribution is 5.55. The van der Waals surface area contributed by atoms with Gasteiger partial charge in [-0.1, -0.05) is 18.2 Å². The van der Waals surface area contributed by atoms with Gasteiger partial charge < -0.3 is 15.2 Å². The SMILES string of the molecule is COc1ccc([C@@H](N)c2nc(-c3ccccc3F)n[nH]2)cc1OC. The first kappa shape index (κ1) is 15.9. The Hall–Kier alpha value is -2.93. The quantitative estimate of drug-likeness (QED) is 0.752. The fraction of sp³-hybridized carbons (Fsp3) is 0.176. The minimum Gasteiger partial charge on any atom is -0.493 e. The van der Waals surface area contributed by atoms with Gasteiger partial charge in [0.2, 0.25) is 0 Å². The number of halogens is 1. The molecule has 0 aliphatic carbocycles. The van der Waals surface area contributed by atoms with Crippen LogP contribution in [-0.4, -0.2) is 29.4 Å². The summed E-state index contributed by atoms with van der Waals surface area (Å²) in [7, 11) is 3.12. The van der Waals surface area contributed by atoms with Crippen LogP contribution in [0.3, 0.4) is 0 Å². The Labute approximate surface area is 138 Å². The molecule has 0 amide bonds. The van der Waals surface area contributed by atoms with E-state index in [-0.39, 0.29) is 11.6 Å². The lowest BCUT2D eigenvalue weighted by molar-refractivity contribution is 0.354. The molecule has 0 saturated carbocycles. The minimum atomic E-state index is -0.558. The number of methoxy groups -OCH3 is 2. The van der Waals surface area contributed by atoms with Gasteiger partial charge in [0.05, 0.1) is 25.8 Å². The first-order chi connectivity index (χ1) is 11.6. The molecule has 3 aromatic rings. The zero-order valence-electron chi connectivity index (χ0n) is 13.3. The highest BCUT2D eigenvalue weighted by Gasteiger charge is 2.18. The van der Waals surface area contributed by atoms with E-state index in [1.165, 1.54) is 6.07 Å². The van der Waals surface area contributed by atoms with E-state index in [1.807, 2.05) is 6.07 Å². The molecule has 0 aliphatic heterocycles. The van der Waals surface area contributed by atoms with E-state index in [2.05, 4.69) is 15.2 Å². The van der Waals surface area contributed by atoms with Gasteiger partial charge in [-0.2, -0.15) is 5.10 Å². The van der Waals surface area contributed by atoms with Gasteiger partial charge in [0.15, 0.2) is 17.3 Å². The van der Waals surface area contributed by atoms with E-state index in [0.717, 1.165) is 5.56 Å². The molecule has 2 aromatic carbocycles. The first-order valence-electron chi connectivity index (χ1n) is 7.28. The average molecular weight is 328 g/mol. The van der Waals surface area contributed by atoms with Crippen molar-refractivity contribution in [2.24, 2.45) is 5.73 Å². The average Bonchev–Trinajstić information content (AvgIpc) is 3.10. The van der Waals surface area contributed by atoms with Crippen molar-refractivity contribution < 1.29 is 13.9 Å². The van der Waals surface area contributed by atoms with Gasteiger partial charge >= 0.3 is 0 Å². The molecule has 1 aromatic heterocycles. The Bertz CT molecular complexity index is 850. The predicted molar refractivity (Wildman–Crippen MR) is 87.4 cm³/mol. The molecule has 0 saturated heterocycles. The second-order valence-corrected chi connectivity index (χ2v) is 5.12. The maximum atomic E-state index is 13.8. The summed E-state index contributed by atoms with van der Waals surface area (Å²) in [4.78, 5) is 4.31. The van der Waals surface area contributed by atoms with Crippen molar-refractivity contribution in [2.45, 2.75) is 6.04 Å². The Morgan fingerprint density at radius 1 is 1.08 bits per heavy atom. The number of nitrogens with zero attached hydrogens (tertiary/aromatic N) is 2. The van der Waals surface area contributed by atoms with Crippen LogP contribution in [-0.2, 0) is 0 Å². The molecule has 7 heteroatoms. The van der Waals surface area contributed by atoms with Crippen LogP contribution in [0.1, 0.15) is 17.4 Å². The van der Waals surface area contributed by atoms with E-state index in [4.69, 9.17) is 15.2 Å². The predicted octanol–water partition coefficient (Wildman–Crippen LogP) is 2.68. The van der Waals surface area contributed by atoms with Crippen LogP contribution in [0.25, 0.3) is 11.4 Å². The summed E-state index contributed by atoms with van der Waals surface area (Å²) in [5.41, 5.74) is 7.32. The van der Waals surface area contributed by atoms with E-state index < -0.39 is 6.04 Å². The summed E-state index contributed by atoms with van der Waals surface area (Å²) in [5, 5.41) is 6.83. The van der Waals surface area contributed by atoms with Crippen molar-refractivity contribution in [3.63, 3.8) is 0 Å². The highest BCUT2D eigenvalue weighted by Crippen LogP contribution is 2.31. The van der Waals surface area contributed by atoms with E-state index in [1.54, 1.807) is 44.6 Å². The molecule has 0 aliphatic rings. The number of nitrogens with two attached hydrogens (primary N) is 1. The topological polar surface area (TPSA) is 86.0 Å². The van der Waals surface area contributed by atoms with Crippen molar-refractivity contribution in [2.75, 3.05) is 14.2 Å². The number of aromatic nitrogens is 3. The molecule has 24 heavy (non-hydrogen) atoms. The largest absolute Gasteiger partial charge is 0.493 e. The van der Waals surface area contributed by atoms with Crippen molar-refractivity contribution in [1.29, 1.82) is 0 Å². The van der Waals surface area contributed by atoms with Gasteiger partial charge in [-0.3, -0.25) is 5.10 Å². The smallest absolute Gasteiger partial charge is 0.184 e. The molecule has 0 bridgehead atoms. The van der Waals surface area contributed by atoms with Gasteiger partial charge in [0.1, 0.15) is 11.6 Å². The fourth-order valence-corrected chi connectivity index (χ4v) is 2.38. The Balaban J connectivity index is 1.91. The Kier molecular flexibility index (Phi) is 4.43. The van der Waals surface area contributed by atoms with Crippen LogP contribution in [0, 0.1) is 5.82 Å². The van der Waals surface area contributed by atoms with Crippen molar-refractivity contribution >= 4 is 0 Å². The van der Waals surface area contributed by atoms with Gasteiger partial charge in [-0.05, 0) is 29.8 Å². The fourth-order valence-electron chi connectivity index (χ4n) is 2.38. The van der Waals surface area contributed by atoms with Crippen LogP contribution >= 0.6 is 0 Å². The third-order valence-corrected chi connectivity index (χ3v) is 3.68. The van der Waals surface area contributed by atoms with Crippen LogP contribution in [0.2, 0.25) is 0 Å². The Morgan fingerprint density at radius 3 is 2.54 bits per heavy atom. The van der Waals surface area contributed by atoms with E-state index in [9.17, 15) is 4.39 Å². The van der Waals surface area contributed by atoms with Crippen LogP contribution < -0.4 is 15.2 Å². The minimum absolute atomic E-state index is 0.263. The standard InChI is InChI=1S/C17H17FN4O2/c1-23-13-8-7-10(9-14(13)24-2)15(19)17-20-16(21-22-17)11-5-3-4-6-12(11)18/h3-9,15H,19H2,1-2H3,(H,20,21,22)/t15-/m1/s1. The maximum Gasteiger partial charge on any atom is 0.184 e. The summed E-state index contributed by atoms with van der Waals surface area (Å²) >= 11 is 0. The Morgan fingerprint density at radius 2 is 1.83 bits per heavy atom. The molecule has 6 nitrogen and oxygen atoms in total. The lowest BCUT2D eigenvalue weighted by Crippen LogP contribution is -2.14. The molecular weight excluding hydrogens is 311 g/mol. The third kappa shape index (κ3) is 2.93. The second kappa shape index (κ2) is 6.67. The molecule has 3 rings (SSSR count). The van der Waals surface area contributed by atoms with Gasteiger partial charge in [-0.15, -0.1) is 0 Å². The summed E-state index contributed by atoms with van der Waals surface area (Å²) in [6.45, 7) is 0. The molecule has 1 atom stereocenters. The van der Waals surface area contributed by atoms with Crippen LogP contribution in [0.5, 0.6) is 11.5 Å². The summed E-state index contributed by atoms with van der Waals surface area (Å²) < 4.78 is 24.3. The number of aromatic amines is 1. The van der Waals surface area contributed by atoms with Crippen molar-refractivity contribution in [3.05, 3.63) is 59.7 Å². The zero-order valence-corrected chi connectivity index (χ0v) is 13.3. The monoisotopic (exact) mass is 328 g/mol. The summed E-state index contributed by atoms with van der Waals surface area (Å²) in [6, 6.07) is 11.1. The van der Waals surface area contributed by atoms with Crippen molar-refractivity contribution in [3.8, 4) is 22.9 Å². The molecule has 3 N–H and O–H groups in total.